The monoisotopic (exact) mass is 460 g/mol. The first-order valence-corrected chi connectivity index (χ1v) is 12.3. The van der Waals surface area contributed by atoms with E-state index in [4.69, 9.17) is 0 Å². The van der Waals surface area contributed by atoms with E-state index in [1.165, 1.54) is 0 Å². The van der Waals surface area contributed by atoms with Crippen LogP contribution in [0.4, 0.5) is 5.82 Å². The minimum absolute atomic E-state index is 0.243. The fourth-order valence-electron chi connectivity index (χ4n) is 3.72. The van der Waals surface area contributed by atoms with Gasteiger partial charge in [-0.2, -0.15) is 0 Å². The topological polar surface area (TPSA) is 84.0 Å². The molecule has 0 fully saturated rings. The summed E-state index contributed by atoms with van der Waals surface area (Å²) < 4.78 is 28.8. The van der Waals surface area contributed by atoms with E-state index in [2.05, 4.69) is 32.4 Å². The molecule has 2 N–H and O–H groups in total. The van der Waals surface area contributed by atoms with E-state index in [1.54, 1.807) is 13.0 Å². The van der Waals surface area contributed by atoms with Gasteiger partial charge in [-0.15, -0.1) is 10.2 Å². The van der Waals surface area contributed by atoms with Crippen molar-refractivity contribution in [1.29, 1.82) is 0 Å². The number of sulfonamides is 1. The van der Waals surface area contributed by atoms with Gasteiger partial charge in [-0.25, -0.2) is 13.1 Å². The lowest BCUT2D eigenvalue weighted by Gasteiger charge is -2.21. The second kappa shape index (κ2) is 8.92. The number of aryl methyl sites for hydroxylation is 1. The van der Waals surface area contributed by atoms with Gasteiger partial charge in [0.2, 0.25) is 10.0 Å². The summed E-state index contributed by atoms with van der Waals surface area (Å²) in [7, 11) is -3.69. The first-order valence-electron chi connectivity index (χ1n) is 10.8. The SMILES string of the molecule is Cc1ccc(-c2nnc(NCc3ccccc3)c3ccccc23)cc1S(=O)(=O)NC(C)(C)C. The number of benzene rings is 3. The van der Waals surface area contributed by atoms with Crippen LogP contribution in [0.25, 0.3) is 22.0 Å². The van der Waals surface area contributed by atoms with Crippen LogP contribution in [0.15, 0.2) is 77.7 Å². The van der Waals surface area contributed by atoms with Gasteiger partial charge in [-0.1, -0.05) is 66.7 Å². The highest BCUT2D eigenvalue weighted by Gasteiger charge is 2.24. The van der Waals surface area contributed by atoms with Crippen molar-refractivity contribution in [2.24, 2.45) is 0 Å². The smallest absolute Gasteiger partial charge is 0.241 e. The van der Waals surface area contributed by atoms with Gasteiger partial charge in [0.1, 0.15) is 5.69 Å². The van der Waals surface area contributed by atoms with Crippen molar-refractivity contribution in [2.45, 2.75) is 44.7 Å². The number of rotatable bonds is 6. The third-order valence-corrected chi connectivity index (χ3v) is 7.08. The Hall–Kier alpha value is -3.29. The largest absolute Gasteiger partial charge is 0.364 e. The van der Waals surface area contributed by atoms with Crippen LogP contribution in [0.2, 0.25) is 0 Å². The predicted molar refractivity (Wildman–Crippen MR) is 134 cm³/mol. The molecule has 0 aliphatic carbocycles. The molecule has 0 radical (unpaired) electrons. The van der Waals surface area contributed by atoms with Crippen molar-refractivity contribution >= 4 is 26.6 Å². The number of nitrogens with zero attached hydrogens (tertiary/aromatic N) is 2. The van der Waals surface area contributed by atoms with Crippen LogP contribution >= 0.6 is 0 Å². The molecule has 4 rings (SSSR count). The Balaban J connectivity index is 1.75. The minimum Gasteiger partial charge on any atom is -0.364 e. The molecule has 0 amide bonds. The quantitative estimate of drug-likeness (QED) is 0.408. The first kappa shape index (κ1) is 22.9. The molecule has 7 heteroatoms. The second-order valence-electron chi connectivity index (χ2n) is 9.12. The lowest BCUT2D eigenvalue weighted by atomic mass is 10.0. The number of anilines is 1. The maximum absolute atomic E-state index is 13.0. The van der Waals surface area contributed by atoms with Crippen molar-refractivity contribution < 1.29 is 8.42 Å². The average Bonchev–Trinajstić information content (AvgIpc) is 2.77. The van der Waals surface area contributed by atoms with E-state index >= 15 is 0 Å². The maximum atomic E-state index is 13.0. The third kappa shape index (κ3) is 5.21. The van der Waals surface area contributed by atoms with E-state index in [1.807, 2.05) is 75.4 Å². The van der Waals surface area contributed by atoms with Gasteiger partial charge in [0.25, 0.3) is 0 Å². The summed E-state index contributed by atoms with van der Waals surface area (Å²) in [5.41, 5.74) is 2.58. The Bertz CT molecular complexity index is 1400. The maximum Gasteiger partial charge on any atom is 0.241 e. The molecule has 0 saturated carbocycles. The van der Waals surface area contributed by atoms with Crippen molar-refractivity contribution in [1.82, 2.24) is 14.9 Å². The molecular formula is C26H28N4O2S. The molecule has 33 heavy (non-hydrogen) atoms. The standard InChI is InChI=1S/C26H28N4O2S/c1-18-14-15-20(16-23(18)33(31,32)30-26(2,3)4)24-21-12-8-9-13-22(21)25(29-28-24)27-17-19-10-6-5-7-11-19/h5-16,30H,17H2,1-4H3,(H,27,29). The van der Waals surface area contributed by atoms with Gasteiger partial charge in [-0.05, 0) is 44.9 Å². The predicted octanol–water partition coefficient (Wildman–Crippen LogP) is 5.29. The molecule has 0 saturated heterocycles. The van der Waals surface area contributed by atoms with Crippen molar-refractivity contribution in [2.75, 3.05) is 5.32 Å². The first-order chi connectivity index (χ1) is 15.6. The number of fused-ring (bicyclic) bond motifs is 1. The van der Waals surface area contributed by atoms with Crippen molar-refractivity contribution in [3.8, 4) is 11.3 Å². The number of hydrogen-bond acceptors (Lipinski definition) is 5. The number of hydrogen-bond donors (Lipinski definition) is 2. The van der Waals surface area contributed by atoms with E-state index in [0.29, 0.717) is 29.2 Å². The highest BCUT2D eigenvalue weighted by atomic mass is 32.2. The highest BCUT2D eigenvalue weighted by Crippen LogP contribution is 2.32. The molecule has 0 atom stereocenters. The summed E-state index contributed by atoms with van der Waals surface area (Å²) in [6.45, 7) is 7.89. The van der Waals surface area contributed by atoms with E-state index in [0.717, 1.165) is 16.3 Å². The van der Waals surface area contributed by atoms with Gasteiger partial charge in [0.05, 0.1) is 4.90 Å². The van der Waals surface area contributed by atoms with Crippen LogP contribution in [0.1, 0.15) is 31.9 Å². The van der Waals surface area contributed by atoms with Crippen LogP contribution in [-0.2, 0) is 16.6 Å². The van der Waals surface area contributed by atoms with Crippen LogP contribution in [0.5, 0.6) is 0 Å². The fourth-order valence-corrected chi connectivity index (χ4v) is 5.41. The Kier molecular flexibility index (Phi) is 6.19. The van der Waals surface area contributed by atoms with Crippen molar-refractivity contribution in [3.05, 3.63) is 83.9 Å². The van der Waals surface area contributed by atoms with Crippen molar-refractivity contribution in [3.63, 3.8) is 0 Å². The number of aromatic nitrogens is 2. The number of nitrogens with one attached hydrogen (secondary N) is 2. The molecule has 0 unspecified atom stereocenters. The Labute approximate surface area is 195 Å². The Morgan fingerprint density at radius 2 is 1.52 bits per heavy atom. The molecule has 170 valence electrons. The molecular weight excluding hydrogens is 432 g/mol. The van der Waals surface area contributed by atoms with Gasteiger partial charge in [0.15, 0.2) is 5.82 Å². The average molecular weight is 461 g/mol. The van der Waals surface area contributed by atoms with Crippen LogP contribution in [0.3, 0.4) is 0 Å². The lowest BCUT2D eigenvalue weighted by molar-refractivity contribution is 0.491. The molecule has 3 aromatic carbocycles. The third-order valence-electron chi connectivity index (χ3n) is 5.18. The minimum atomic E-state index is -3.69. The van der Waals surface area contributed by atoms with Crippen LogP contribution in [0, 0.1) is 6.92 Å². The molecule has 4 aromatic rings. The zero-order chi connectivity index (χ0) is 23.6. The molecule has 0 aliphatic heterocycles. The Morgan fingerprint density at radius 1 is 0.848 bits per heavy atom. The van der Waals surface area contributed by atoms with Crippen LogP contribution < -0.4 is 10.0 Å². The molecule has 1 heterocycles. The van der Waals surface area contributed by atoms with Gasteiger partial charge in [0, 0.05) is 28.4 Å². The fraction of sp³-hybridized carbons (Fsp3) is 0.231. The molecule has 1 aromatic heterocycles. The highest BCUT2D eigenvalue weighted by molar-refractivity contribution is 7.89. The summed E-state index contributed by atoms with van der Waals surface area (Å²) in [5.74, 6) is 0.688. The summed E-state index contributed by atoms with van der Waals surface area (Å²) >= 11 is 0. The molecule has 0 spiro atoms. The summed E-state index contributed by atoms with van der Waals surface area (Å²) in [6, 6.07) is 23.3. The summed E-state index contributed by atoms with van der Waals surface area (Å²) in [4.78, 5) is 0.243. The summed E-state index contributed by atoms with van der Waals surface area (Å²) in [6.07, 6.45) is 0. The molecule has 0 bridgehead atoms. The van der Waals surface area contributed by atoms with E-state index in [-0.39, 0.29) is 4.90 Å². The van der Waals surface area contributed by atoms with E-state index in [9.17, 15) is 8.42 Å². The van der Waals surface area contributed by atoms with E-state index < -0.39 is 15.6 Å². The lowest BCUT2D eigenvalue weighted by Crippen LogP contribution is -2.40. The van der Waals surface area contributed by atoms with Crippen LogP contribution in [-0.4, -0.2) is 24.2 Å². The molecule has 0 aliphatic rings. The summed E-state index contributed by atoms with van der Waals surface area (Å²) in [5, 5.41) is 14.1. The normalized spacial score (nSPS) is 12.1. The Morgan fingerprint density at radius 3 is 2.21 bits per heavy atom. The molecule has 6 nitrogen and oxygen atoms in total. The van der Waals surface area contributed by atoms with Gasteiger partial charge >= 0.3 is 0 Å². The second-order valence-corrected chi connectivity index (χ2v) is 10.8. The zero-order valence-corrected chi connectivity index (χ0v) is 20.1. The zero-order valence-electron chi connectivity index (χ0n) is 19.3. The van der Waals surface area contributed by atoms with Gasteiger partial charge in [-0.3, -0.25) is 0 Å². The van der Waals surface area contributed by atoms with Gasteiger partial charge < -0.3 is 5.32 Å².